The first-order valence-corrected chi connectivity index (χ1v) is 8.86. The molecule has 1 heterocycles. The minimum absolute atomic E-state index is 0.0506. The van der Waals surface area contributed by atoms with Gasteiger partial charge in [-0.05, 0) is 38.1 Å². The summed E-state index contributed by atoms with van der Waals surface area (Å²) in [5.41, 5.74) is 1.42. The van der Waals surface area contributed by atoms with Crippen molar-refractivity contribution in [2.45, 2.75) is 13.8 Å². The Balaban J connectivity index is 1.92. The third kappa shape index (κ3) is 3.85. The summed E-state index contributed by atoms with van der Waals surface area (Å²) in [6.45, 7) is 5.81. The van der Waals surface area contributed by atoms with E-state index in [0.29, 0.717) is 11.0 Å². The molecule has 0 aliphatic heterocycles. The summed E-state index contributed by atoms with van der Waals surface area (Å²) in [6, 6.07) is 12.8. The van der Waals surface area contributed by atoms with Crippen LogP contribution in [-0.2, 0) is 0 Å². The number of nitrogens with zero attached hydrogens (tertiary/aromatic N) is 2. The van der Waals surface area contributed by atoms with E-state index in [1.807, 2.05) is 18.2 Å². The van der Waals surface area contributed by atoms with Gasteiger partial charge in [-0.15, -0.1) is 0 Å². The number of rotatable bonds is 6. The number of anilines is 2. The number of carbonyl (C=O) groups excluding carboxylic acids is 1. The van der Waals surface area contributed by atoms with E-state index in [2.05, 4.69) is 24.1 Å². The number of nitro benzene ring substituents is 1. The van der Waals surface area contributed by atoms with Gasteiger partial charge in [0.05, 0.1) is 4.92 Å². The van der Waals surface area contributed by atoms with Crippen LogP contribution in [0.3, 0.4) is 0 Å². The van der Waals surface area contributed by atoms with Gasteiger partial charge in [-0.3, -0.25) is 20.3 Å². The molecule has 0 aliphatic carbocycles. The highest BCUT2D eigenvalue weighted by Gasteiger charge is 2.14. The van der Waals surface area contributed by atoms with Crippen molar-refractivity contribution in [3.8, 4) is 0 Å². The molecule has 0 aliphatic rings. The third-order valence-electron chi connectivity index (χ3n) is 4.44. The number of hydrogen-bond donors (Lipinski definition) is 2. The molecular formula is C20H20N4O4. The van der Waals surface area contributed by atoms with E-state index in [9.17, 15) is 14.9 Å². The van der Waals surface area contributed by atoms with Gasteiger partial charge in [0.1, 0.15) is 11.1 Å². The fourth-order valence-electron chi connectivity index (χ4n) is 2.97. The Morgan fingerprint density at radius 1 is 1.18 bits per heavy atom. The summed E-state index contributed by atoms with van der Waals surface area (Å²) in [6.07, 6.45) is 0. The maximum Gasteiger partial charge on any atom is 0.271 e. The number of fused-ring (bicyclic) bond motifs is 1. The maximum absolute atomic E-state index is 12.6. The van der Waals surface area contributed by atoms with E-state index < -0.39 is 10.8 Å². The Bertz CT molecular complexity index is 1100. The van der Waals surface area contributed by atoms with Crippen LogP contribution in [0.25, 0.3) is 11.0 Å². The molecule has 0 fully saturated rings. The molecule has 1 amide bonds. The quantitative estimate of drug-likeness (QED) is 0.497. The molecular weight excluding hydrogens is 360 g/mol. The lowest BCUT2D eigenvalue weighted by Crippen LogP contribution is -2.22. The molecule has 0 saturated heterocycles. The lowest BCUT2D eigenvalue weighted by molar-refractivity contribution is -0.384. The zero-order valence-corrected chi connectivity index (χ0v) is 15.6. The summed E-state index contributed by atoms with van der Waals surface area (Å²) in [5, 5.41) is 22.2. The largest absolute Gasteiger partial charge is 0.438 e. The summed E-state index contributed by atoms with van der Waals surface area (Å²) in [5.74, 6) is -0.566. The van der Waals surface area contributed by atoms with E-state index in [1.54, 1.807) is 12.1 Å². The molecule has 1 aromatic heterocycles. The number of carbonyl (C=O) groups is 1. The lowest BCUT2D eigenvalue weighted by atomic mass is 10.1. The molecule has 8 heteroatoms. The third-order valence-corrected chi connectivity index (χ3v) is 4.44. The van der Waals surface area contributed by atoms with Gasteiger partial charge in [0.2, 0.25) is 5.55 Å². The first-order chi connectivity index (χ1) is 13.4. The summed E-state index contributed by atoms with van der Waals surface area (Å²) >= 11 is 0. The van der Waals surface area contributed by atoms with Crippen LogP contribution < -0.4 is 15.8 Å². The Morgan fingerprint density at radius 3 is 2.61 bits per heavy atom. The van der Waals surface area contributed by atoms with E-state index in [4.69, 9.17) is 9.83 Å². The Morgan fingerprint density at radius 2 is 1.93 bits per heavy atom. The Labute approximate surface area is 161 Å². The van der Waals surface area contributed by atoms with E-state index in [-0.39, 0.29) is 22.5 Å². The van der Waals surface area contributed by atoms with Crippen molar-refractivity contribution in [1.29, 1.82) is 5.41 Å². The minimum Gasteiger partial charge on any atom is -0.438 e. The molecule has 0 unspecified atom stereocenters. The second kappa shape index (κ2) is 7.91. The molecule has 0 bridgehead atoms. The van der Waals surface area contributed by atoms with Crippen LogP contribution in [0.15, 0.2) is 52.9 Å². The molecule has 0 saturated carbocycles. The number of amides is 1. The highest BCUT2D eigenvalue weighted by atomic mass is 16.6. The van der Waals surface area contributed by atoms with Crippen molar-refractivity contribution in [2.75, 3.05) is 23.3 Å². The molecule has 0 radical (unpaired) electrons. The maximum atomic E-state index is 12.6. The monoisotopic (exact) mass is 380 g/mol. The lowest BCUT2D eigenvalue weighted by Gasteiger charge is -2.21. The average molecular weight is 380 g/mol. The first kappa shape index (κ1) is 19.1. The fraction of sp³-hybridized carbons (Fsp3) is 0.200. The van der Waals surface area contributed by atoms with Crippen LogP contribution >= 0.6 is 0 Å². The SMILES string of the molecule is CCN(CC)c1ccc2cc(C(=O)Nc3cccc([N+](=O)[O-])c3)c(=N)oc2c1. The van der Waals surface area contributed by atoms with Crippen LogP contribution in [0.5, 0.6) is 0 Å². The minimum atomic E-state index is -0.566. The van der Waals surface area contributed by atoms with Crippen molar-refractivity contribution in [3.63, 3.8) is 0 Å². The Kier molecular flexibility index (Phi) is 5.39. The molecule has 144 valence electrons. The van der Waals surface area contributed by atoms with Crippen LogP contribution in [0.2, 0.25) is 0 Å². The highest BCUT2D eigenvalue weighted by Crippen LogP contribution is 2.22. The van der Waals surface area contributed by atoms with Crippen molar-refractivity contribution < 1.29 is 14.1 Å². The standard InChI is InChI=1S/C20H20N4O4/c1-3-23(4-2)15-9-8-13-10-17(19(21)28-18(13)12-15)20(25)22-14-6-5-7-16(11-14)24(26)27/h5-12,21H,3-4H2,1-2H3,(H,22,25). The van der Waals surface area contributed by atoms with Gasteiger partial charge >= 0.3 is 0 Å². The second-order valence-corrected chi connectivity index (χ2v) is 6.15. The first-order valence-electron chi connectivity index (χ1n) is 8.86. The molecule has 3 aromatic rings. The molecule has 2 N–H and O–H groups in total. The number of hydrogen-bond acceptors (Lipinski definition) is 6. The number of benzene rings is 2. The van der Waals surface area contributed by atoms with Crippen molar-refractivity contribution in [3.05, 3.63) is 69.8 Å². The van der Waals surface area contributed by atoms with Gasteiger partial charge < -0.3 is 14.6 Å². The van der Waals surface area contributed by atoms with Crippen LogP contribution in [0.1, 0.15) is 24.2 Å². The van der Waals surface area contributed by atoms with Gasteiger partial charge in [0.15, 0.2) is 0 Å². The fourth-order valence-corrected chi connectivity index (χ4v) is 2.97. The van der Waals surface area contributed by atoms with E-state index in [0.717, 1.165) is 18.8 Å². The topological polar surface area (TPSA) is 112 Å². The highest BCUT2D eigenvalue weighted by molar-refractivity contribution is 6.05. The zero-order valence-electron chi connectivity index (χ0n) is 15.6. The zero-order chi connectivity index (χ0) is 20.3. The number of nitro groups is 1. The Hall–Kier alpha value is -3.68. The average Bonchev–Trinajstić information content (AvgIpc) is 2.68. The normalized spacial score (nSPS) is 10.6. The molecule has 0 spiro atoms. The van der Waals surface area contributed by atoms with E-state index >= 15 is 0 Å². The van der Waals surface area contributed by atoms with Crippen molar-refractivity contribution in [2.24, 2.45) is 0 Å². The molecule has 28 heavy (non-hydrogen) atoms. The van der Waals surface area contributed by atoms with E-state index in [1.165, 1.54) is 18.2 Å². The predicted molar refractivity (Wildman–Crippen MR) is 107 cm³/mol. The number of nitrogens with one attached hydrogen (secondary N) is 2. The van der Waals surface area contributed by atoms with Gasteiger partial charge in [0, 0.05) is 48.0 Å². The van der Waals surface area contributed by atoms with Crippen LogP contribution in [0.4, 0.5) is 17.1 Å². The summed E-state index contributed by atoms with van der Waals surface area (Å²) < 4.78 is 5.56. The summed E-state index contributed by atoms with van der Waals surface area (Å²) in [4.78, 5) is 25.0. The van der Waals surface area contributed by atoms with Crippen molar-refractivity contribution >= 4 is 33.9 Å². The molecule has 3 rings (SSSR count). The predicted octanol–water partition coefficient (Wildman–Crippen LogP) is 3.92. The smallest absolute Gasteiger partial charge is 0.271 e. The van der Waals surface area contributed by atoms with Crippen LogP contribution in [0, 0.1) is 15.5 Å². The molecule has 0 atom stereocenters. The summed E-state index contributed by atoms with van der Waals surface area (Å²) in [7, 11) is 0. The van der Waals surface area contributed by atoms with Gasteiger partial charge in [0.25, 0.3) is 11.6 Å². The molecule has 2 aromatic carbocycles. The number of non-ortho nitro benzene ring substituents is 1. The van der Waals surface area contributed by atoms with Gasteiger partial charge in [-0.25, -0.2) is 0 Å². The van der Waals surface area contributed by atoms with Gasteiger partial charge in [-0.2, -0.15) is 0 Å². The van der Waals surface area contributed by atoms with Crippen molar-refractivity contribution in [1.82, 2.24) is 0 Å². The molecule has 8 nitrogen and oxygen atoms in total. The van der Waals surface area contributed by atoms with Gasteiger partial charge in [-0.1, -0.05) is 6.07 Å². The second-order valence-electron chi connectivity index (χ2n) is 6.15. The van der Waals surface area contributed by atoms with Crippen LogP contribution in [-0.4, -0.2) is 23.9 Å².